The highest BCUT2D eigenvalue weighted by Crippen LogP contribution is 2.20. The summed E-state index contributed by atoms with van der Waals surface area (Å²) in [4.78, 5) is 28.3. The van der Waals surface area contributed by atoms with Crippen molar-refractivity contribution in [1.82, 2.24) is 10.3 Å². The smallest absolute Gasteiger partial charge is 0.243 e. The highest BCUT2D eigenvalue weighted by Gasteiger charge is 2.08. The van der Waals surface area contributed by atoms with Crippen LogP contribution < -0.4 is 10.6 Å². The summed E-state index contributed by atoms with van der Waals surface area (Å²) in [6, 6.07) is 19.2. The molecule has 0 aliphatic rings. The molecule has 1 heterocycles. The molecule has 3 aromatic rings. The molecule has 2 aromatic carbocycles. The van der Waals surface area contributed by atoms with Gasteiger partial charge >= 0.3 is 0 Å². The van der Waals surface area contributed by atoms with Crippen LogP contribution in [0.1, 0.15) is 12.0 Å². The molecule has 5 heteroatoms. The molecule has 126 valence electrons. The van der Waals surface area contributed by atoms with Gasteiger partial charge in [-0.2, -0.15) is 0 Å². The first kappa shape index (κ1) is 16.6. The number of para-hydroxylation sites is 1. The highest BCUT2D eigenvalue weighted by molar-refractivity contribution is 6.01. The van der Waals surface area contributed by atoms with E-state index in [4.69, 9.17) is 0 Å². The van der Waals surface area contributed by atoms with Crippen molar-refractivity contribution in [2.75, 3.05) is 11.9 Å². The second kappa shape index (κ2) is 8.06. The van der Waals surface area contributed by atoms with Crippen LogP contribution in [0.5, 0.6) is 0 Å². The lowest BCUT2D eigenvalue weighted by molar-refractivity contribution is -0.124. The molecule has 0 fully saturated rings. The minimum atomic E-state index is -0.272. The molecule has 3 rings (SSSR count). The quantitative estimate of drug-likeness (QED) is 0.728. The number of aromatic nitrogens is 1. The van der Waals surface area contributed by atoms with Crippen molar-refractivity contribution in [3.8, 4) is 0 Å². The normalized spacial score (nSPS) is 10.4. The molecule has 5 nitrogen and oxygen atoms in total. The molecule has 0 atom stereocenters. The molecule has 0 aliphatic carbocycles. The molecule has 1 aromatic heterocycles. The van der Waals surface area contributed by atoms with Gasteiger partial charge in [-0.15, -0.1) is 0 Å². The van der Waals surface area contributed by atoms with Crippen LogP contribution in [0.3, 0.4) is 0 Å². The molecule has 0 saturated heterocycles. The van der Waals surface area contributed by atoms with E-state index in [1.54, 1.807) is 12.3 Å². The third-order valence-electron chi connectivity index (χ3n) is 3.84. The lowest BCUT2D eigenvalue weighted by atomic mass is 10.1. The standard InChI is InChI=1S/C20H19N3O2/c24-18(12-11-15-6-2-1-3-7-15)22-14-19(25)23-17-10-4-8-16-9-5-13-21-20(16)17/h1-10,13H,11-12,14H2,(H,22,24)(H,23,25). The first-order valence-electron chi connectivity index (χ1n) is 8.16. The van der Waals surface area contributed by atoms with Gasteiger partial charge in [0.2, 0.25) is 11.8 Å². The number of aryl methyl sites for hydroxylation is 1. The Morgan fingerprint density at radius 1 is 0.880 bits per heavy atom. The Labute approximate surface area is 146 Å². The fourth-order valence-corrected chi connectivity index (χ4v) is 2.57. The average Bonchev–Trinajstić information content (AvgIpc) is 2.66. The summed E-state index contributed by atoms with van der Waals surface area (Å²) in [7, 11) is 0. The maximum Gasteiger partial charge on any atom is 0.243 e. The largest absolute Gasteiger partial charge is 0.347 e. The van der Waals surface area contributed by atoms with Gasteiger partial charge in [0.1, 0.15) is 0 Å². The van der Waals surface area contributed by atoms with E-state index >= 15 is 0 Å². The number of rotatable bonds is 6. The number of benzene rings is 2. The van der Waals surface area contributed by atoms with Gasteiger partial charge < -0.3 is 10.6 Å². The monoisotopic (exact) mass is 333 g/mol. The number of anilines is 1. The number of nitrogens with one attached hydrogen (secondary N) is 2. The van der Waals surface area contributed by atoms with Gasteiger partial charge in [0, 0.05) is 18.0 Å². The topological polar surface area (TPSA) is 71.1 Å². The third-order valence-corrected chi connectivity index (χ3v) is 3.84. The lowest BCUT2D eigenvalue weighted by Gasteiger charge is -2.09. The van der Waals surface area contributed by atoms with Crippen molar-refractivity contribution in [1.29, 1.82) is 0 Å². The van der Waals surface area contributed by atoms with Gasteiger partial charge in [-0.25, -0.2) is 0 Å². The number of hydrogen-bond acceptors (Lipinski definition) is 3. The van der Waals surface area contributed by atoms with E-state index < -0.39 is 0 Å². The van der Waals surface area contributed by atoms with Crippen LogP contribution in [0.25, 0.3) is 10.9 Å². The van der Waals surface area contributed by atoms with Gasteiger partial charge in [0.05, 0.1) is 17.7 Å². The summed E-state index contributed by atoms with van der Waals surface area (Å²) in [6.07, 6.45) is 2.69. The molecule has 25 heavy (non-hydrogen) atoms. The van der Waals surface area contributed by atoms with Crippen molar-refractivity contribution in [3.05, 3.63) is 72.4 Å². The third kappa shape index (κ3) is 4.64. The zero-order valence-corrected chi connectivity index (χ0v) is 13.7. The predicted octanol–water partition coefficient (Wildman–Crippen LogP) is 2.92. The van der Waals surface area contributed by atoms with E-state index in [-0.39, 0.29) is 18.4 Å². The number of amides is 2. The van der Waals surface area contributed by atoms with E-state index in [0.717, 1.165) is 16.5 Å². The van der Waals surface area contributed by atoms with E-state index in [9.17, 15) is 9.59 Å². The van der Waals surface area contributed by atoms with E-state index in [0.29, 0.717) is 18.5 Å². The van der Waals surface area contributed by atoms with Crippen LogP contribution >= 0.6 is 0 Å². The van der Waals surface area contributed by atoms with Gasteiger partial charge in [-0.05, 0) is 24.1 Å². The van der Waals surface area contributed by atoms with Gasteiger partial charge in [-0.1, -0.05) is 48.5 Å². The molecule has 0 spiro atoms. The highest BCUT2D eigenvalue weighted by atomic mass is 16.2. The number of carbonyl (C=O) groups excluding carboxylic acids is 2. The SMILES string of the molecule is O=C(CCc1ccccc1)NCC(=O)Nc1cccc2cccnc12. The maximum absolute atomic E-state index is 12.1. The summed E-state index contributed by atoms with van der Waals surface area (Å²) >= 11 is 0. The van der Waals surface area contributed by atoms with Crippen molar-refractivity contribution < 1.29 is 9.59 Å². The van der Waals surface area contributed by atoms with E-state index in [1.165, 1.54) is 0 Å². The number of hydrogen-bond donors (Lipinski definition) is 2. The second-order valence-corrected chi connectivity index (χ2v) is 5.69. The van der Waals surface area contributed by atoms with Crippen LogP contribution in [0, 0.1) is 0 Å². The Kier molecular flexibility index (Phi) is 5.36. The van der Waals surface area contributed by atoms with Crippen molar-refractivity contribution >= 4 is 28.4 Å². The molecule has 2 N–H and O–H groups in total. The number of fused-ring (bicyclic) bond motifs is 1. The molecule has 0 bridgehead atoms. The van der Waals surface area contributed by atoms with Crippen LogP contribution in [0.4, 0.5) is 5.69 Å². The summed E-state index contributed by atoms with van der Waals surface area (Å²) < 4.78 is 0. The first-order chi connectivity index (χ1) is 12.2. The lowest BCUT2D eigenvalue weighted by Crippen LogP contribution is -2.33. The molecule has 0 saturated carbocycles. The zero-order valence-electron chi connectivity index (χ0n) is 13.7. The zero-order chi connectivity index (χ0) is 17.5. The summed E-state index contributed by atoms with van der Waals surface area (Å²) in [5.41, 5.74) is 2.47. The molecular weight excluding hydrogens is 314 g/mol. The second-order valence-electron chi connectivity index (χ2n) is 5.69. The maximum atomic E-state index is 12.1. The van der Waals surface area contributed by atoms with Crippen molar-refractivity contribution in [2.24, 2.45) is 0 Å². The fraction of sp³-hybridized carbons (Fsp3) is 0.150. The minimum absolute atomic E-state index is 0.0587. The Hall–Kier alpha value is -3.21. The Morgan fingerprint density at radius 3 is 2.52 bits per heavy atom. The number of pyridine rings is 1. The van der Waals surface area contributed by atoms with Gasteiger partial charge in [0.25, 0.3) is 0 Å². The molecule has 0 unspecified atom stereocenters. The minimum Gasteiger partial charge on any atom is -0.347 e. The predicted molar refractivity (Wildman–Crippen MR) is 98.1 cm³/mol. The van der Waals surface area contributed by atoms with Crippen molar-refractivity contribution in [3.63, 3.8) is 0 Å². The van der Waals surface area contributed by atoms with Gasteiger partial charge in [-0.3, -0.25) is 14.6 Å². The molecule has 0 radical (unpaired) electrons. The molecular formula is C20H19N3O2. The van der Waals surface area contributed by atoms with Gasteiger partial charge in [0.15, 0.2) is 0 Å². The Balaban J connectivity index is 1.50. The Bertz CT molecular complexity index is 873. The van der Waals surface area contributed by atoms with Crippen LogP contribution in [0.2, 0.25) is 0 Å². The summed E-state index contributed by atoms with van der Waals surface area (Å²) in [6.45, 7) is -0.0587. The summed E-state index contributed by atoms with van der Waals surface area (Å²) in [5, 5.41) is 6.40. The van der Waals surface area contributed by atoms with Crippen LogP contribution in [-0.2, 0) is 16.0 Å². The van der Waals surface area contributed by atoms with Crippen molar-refractivity contribution in [2.45, 2.75) is 12.8 Å². The fourth-order valence-electron chi connectivity index (χ4n) is 2.57. The van der Waals surface area contributed by atoms with Crippen LogP contribution in [-0.4, -0.2) is 23.3 Å². The summed E-state index contributed by atoms with van der Waals surface area (Å²) in [5.74, 6) is -0.415. The van der Waals surface area contributed by atoms with E-state index in [1.807, 2.05) is 54.6 Å². The average molecular weight is 333 g/mol. The Morgan fingerprint density at radius 2 is 1.68 bits per heavy atom. The number of nitrogens with zero attached hydrogens (tertiary/aromatic N) is 1. The molecule has 2 amide bonds. The number of carbonyl (C=O) groups is 2. The first-order valence-corrected chi connectivity index (χ1v) is 8.16. The van der Waals surface area contributed by atoms with E-state index in [2.05, 4.69) is 15.6 Å². The molecule has 0 aliphatic heterocycles. The van der Waals surface area contributed by atoms with Crippen LogP contribution in [0.15, 0.2) is 66.9 Å².